The summed E-state index contributed by atoms with van der Waals surface area (Å²) < 4.78 is 37.1. The zero-order chi connectivity index (χ0) is 15.6. The standard InChI is InChI=1S/C15H21F3N2O/c1-11-3-4-14(21)13(9-11)12(2)20-7-5-19(6-8-20)10-15(16,17)18/h3-4,9,12,21H,5-8,10H2,1-2H3. The molecule has 3 nitrogen and oxygen atoms in total. The van der Waals surface area contributed by atoms with E-state index in [0.29, 0.717) is 26.2 Å². The van der Waals surface area contributed by atoms with Gasteiger partial charge in [0.05, 0.1) is 6.54 Å². The fourth-order valence-corrected chi connectivity index (χ4v) is 2.77. The van der Waals surface area contributed by atoms with Gasteiger partial charge >= 0.3 is 6.18 Å². The Morgan fingerprint density at radius 2 is 1.81 bits per heavy atom. The van der Waals surface area contributed by atoms with Crippen LogP contribution in [0.1, 0.15) is 24.1 Å². The average molecular weight is 302 g/mol. The minimum absolute atomic E-state index is 0.00191. The molecule has 0 amide bonds. The predicted molar refractivity (Wildman–Crippen MR) is 75.3 cm³/mol. The highest BCUT2D eigenvalue weighted by atomic mass is 19.4. The van der Waals surface area contributed by atoms with Crippen molar-refractivity contribution in [1.29, 1.82) is 0 Å². The SMILES string of the molecule is Cc1ccc(O)c(C(C)N2CCN(CC(F)(F)F)CC2)c1. The van der Waals surface area contributed by atoms with E-state index < -0.39 is 12.7 Å². The van der Waals surface area contributed by atoms with Gasteiger partial charge in [0, 0.05) is 37.8 Å². The molecule has 1 atom stereocenters. The number of hydrogen-bond donors (Lipinski definition) is 1. The molecule has 1 fully saturated rings. The highest BCUT2D eigenvalue weighted by Crippen LogP contribution is 2.30. The first kappa shape index (κ1) is 16.1. The fraction of sp³-hybridized carbons (Fsp3) is 0.600. The van der Waals surface area contributed by atoms with Crippen LogP contribution < -0.4 is 0 Å². The van der Waals surface area contributed by atoms with Crippen molar-refractivity contribution < 1.29 is 18.3 Å². The third-order valence-electron chi connectivity index (χ3n) is 3.99. The van der Waals surface area contributed by atoms with Gasteiger partial charge in [0.2, 0.25) is 0 Å². The predicted octanol–water partition coefficient (Wildman–Crippen LogP) is 2.94. The Morgan fingerprint density at radius 3 is 2.38 bits per heavy atom. The van der Waals surface area contributed by atoms with Gasteiger partial charge in [-0.3, -0.25) is 9.80 Å². The molecule has 1 aliphatic heterocycles. The summed E-state index contributed by atoms with van der Waals surface area (Å²) in [6.45, 7) is 5.04. The van der Waals surface area contributed by atoms with Gasteiger partial charge in [0.1, 0.15) is 5.75 Å². The topological polar surface area (TPSA) is 26.7 Å². The number of halogens is 3. The van der Waals surface area contributed by atoms with Crippen molar-refractivity contribution >= 4 is 0 Å². The summed E-state index contributed by atoms with van der Waals surface area (Å²) in [7, 11) is 0. The Kier molecular flexibility index (Phi) is 4.78. The average Bonchev–Trinajstić information content (AvgIpc) is 2.40. The van der Waals surface area contributed by atoms with Crippen LogP contribution in [0.3, 0.4) is 0 Å². The first-order valence-electron chi connectivity index (χ1n) is 7.09. The number of phenols is 1. The molecule has 0 bridgehead atoms. The zero-order valence-corrected chi connectivity index (χ0v) is 12.3. The Bertz CT molecular complexity index is 482. The van der Waals surface area contributed by atoms with Crippen molar-refractivity contribution in [3.63, 3.8) is 0 Å². The number of aryl methyl sites for hydroxylation is 1. The van der Waals surface area contributed by atoms with Gasteiger partial charge in [0.25, 0.3) is 0 Å². The molecule has 0 spiro atoms. The van der Waals surface area contributed by atoms with Gasteiger partial charge < -0.3 is 5.11 Å². The second-order valence-electron chi connectivity index (χ2n) is 5.67. The largest absolute Gasteiger partial charge is 0.508 e. The van der Waals surface area contributed by atoms with E-state index in [4.69, 9.17) is 0 Å². The summed E-state index contributed by atoms with van der Waals surface area (Å²) in [5.74, 6) is 0.242. The van der Waals surface area contributed by atoms with Gasteiger partial charge in [0.15, 0.2) is 0 Å². The molecule has 0 radical (unpaired) electrons. The van der Waals surface area contributed by atoms with Gasteiger partial charge in [-0.25, -0.2) is 0 Å². The molecule has 2 rings (SSSR count). The van der Waals surface area contributed by atoms with Gasteiger partial charge in [-0.05, 0) is 19.9 Å². The maximum Gasteiger partial charge on any atom is 0.401 e. The van der Waals surface area contributed by atoms with Crippen molar-refractivity contribution in [2.24, 2.45) is 0 Å². The number of benzene rings is 1. The lowest BCUT2D eigenvalue weighted by atomic mass is 10.0. The molecule has 0 aromatic heterocycles. The summed E-state index contributed by atoms with van der Waals surface area (Å²) in [5.41, 5.74) is 1.89. The summed E-state index contributed by atoms with van der Waals surface area (Å²) in [6.07, 6.45) is -4.14. The molecule has 1 aromatic rings. The number of nitrogens with zero attached hydrogens (tertiary/aromatic N) is 2. The lowest BCUT2D eigenvalue weighted by Crippen LogP contribution is -2.49. The molecular weight excluding hydrogens is 281 g/mol. The van der Waals surface area contributed by atoms with E-state index in [9.17, 15) is 18.3 Å². The Hall–Kier alpha value is -1.27. The first-order valence-corrected chi connectivity index (χ1v) is 7.09. The first-order chi connectivity index (χ1) is 9.76. The van der Waals surface area contributed by atoms with E-state index in [1.54, 1.807) is 6.07 Å². The number of hydrogen-bond acceptors (Lipinski definition) is 3. The van der Waals surface area contributed by atoms with E-state index >= 15 is 0 Å². The van der Waals surface area contributed by atoms with Crippen LogP contribution in [0.15, 0.2) is 18.2 Å². The van der Waals surface area contributed by atoms with Gasteiger partial charge in [-0.1, -0.05) is 17.7 Å². The van der Waals surface area contributed by atoms with Crippen LogP contribution in [-0.4, -0.2) is 53.8 Å². The lowest BCUT2D eigenvalue weighted by molar-refractivity contribution is -0.149. The Morgan fingerprint density at radius 1 is 1.19 bits per heavy atom. The van der Waals surface area contributed by atoms with Crippen LogP contribution in [-0.2, 0) is 0 Å². The third-order valence-corrected chi connectivity index (χ3v) is 3.99. The molecule has 1 unspecified atom stereocenters. The highest BCUT2D eigenvalue weighted by Gasteiger charge is 2.33. The quantitative estimate of drug-likeness (QED) is 0.930. The van der Waals surface area contributed by atoms with Crippen LogP contribution in [0.5, 0.6) is 5.75 Å². The van der Waals surface area contributed by atoms with Gasteiger partial charge in [-0.2, -0.15) is 13.2 Å². The van der Waals surface area contributed by atoms with Crippen LogP contribution in [0.25, 0.3) is 0 Å². The van der Waals surface area contributed by atoms with Crippen LogP contribution in [0.2, 0.25) is 0 Å². The molecule has 1 heterocycles. The summed E-state index contributed by atoms with van der Waals surface area (Å²) in [6, 6.07) is 5.44. The summed E-state index contributed by atoms with van der Waals surface area (Å²) in [5, 5.41) is 9.96. The van der Waals surface area contributed by atoms with Gasteiger partial charge in [-0.15, -0.1) is 0 Å². The monoisotopic (exact) mass is 302 g/mol. The third kappa shape index (κ3) is 4.35. The number of piperazine rings is 1. The Balaban J connectivity index is 1.97. The molecule has 1 aromatic carbocycles. The van der Waals surface area contributed by atoms with Crippen LogP contribution in [0, 0.1) is 6.92 Å². The molecule has 0 saturated carbocycles. The van der Waals surface area contributed by atoms with Crippen molar-refractivity contribution in [2.75, 3.05) is 32.7 Å². The van der Waals surface area contributed by atoms with E-state index in [0.717, 1.165) is 11.1 Å². The number of alkyl halides is 3. The van der Waals surface area contributed by atoms with E-state index in [1.807, 2.05) is 26.0 Å². The smallest absolute Gasteiger partial charge is 0.401 e. The van der Waals surface area contributed by atoms with Crippen LogP contribution >= 0.6 is 0 Å². The van der Waals surface area contributed by atoms with E-state index in [1.165, 1.54) is 4.90 Å². The molecule has 118 valence electrons. The second kappa shape index (κ2) is 6.23. The maximum absolute atomic E-state index is 12.4. The summed E-state index contributed by atoms with van der Waals surface area (Å²) in [4.78, 5) is 3.54. The maximum atomic E-state index is 12.4. The minimum Gasteiger partial charge on any atom is -0.508 e. The van der Waals surface area contributed by atoms with Crippen LogP contribution in [0.4, 0.5) is 13.2 Å². The highest BCUT2D eigenvalue weighted by molar-refractivity contribution is 5.37. The second-order valence-corrected chi connectivity index (χ2v) is 5.67. The molecule has 1 N–H and O–H groups in total. The zero-order valence-electron chi connectivity index (χ0n) is 12.3. The molecule has 6 heteroatoms. The fourth-order valence-electron chi connectivity index (χ4n) is 2.77. The molecule has 1 aliphatic rings. The normalized spacial score (nSPS) is 19.7. The molecule has 21 heavy (non-hydrogen) atoms. The summed E-state index contributed by atoms with van der Waals surface area (Å²) >= 11 is 0. The van der Waals surface area contributed by atoms with Crippen molar-refractivity contribution in [3.05, 3.63) is 29.3 Å². The van der Waals surface area contributed by atoms with E-state index in [-0.39, 0.29) is 11.8 Å². The van der Waals surface area contributed by atoms with E-state index in [2.05, 4.69) is 4.90 Å². The Labute approximate surface area is 123 Å². The minimum atomic E-state index is -4.14. The molecule has 0 aliphatic carbocycles. The number of phenolic OH excluding ortho intramolecular Hbond substituents is 1. The van der Waals surface area contributed by atoms with Crippen molar-refractivity contribution in [3.8, 4) is 5.75 Å². The van der Waals surface area contributed by atoms with Crippen molar-refractivity contribution in [2.45, 2.75) is 26.1 Å². The molecular formula is C15H21F3N2O. The number of aromatic hydroxyl groups is 1. The number of rotatable bonds is 3. The lowest BCUT2D eigenvalue weighted by Gasteiger charge is -2.38. The van der Waals surface area contributed by atoms with Crippen molar-refractivity contribution in [1.82, 2.24) is 9.80 Å². The molecule has 1 saturated heterocycles.